The van der Waals surface area contributed by atoms with E-state index in [1.54, 1.807) is 0 Å². The van der Waals surface area contributed by atoms with Crippen molar-refractivity contribution in [2.45, 2.75) is 26.0 Å². The minimum atomic E-state index is -0.311. The molecule has 4 nitrogen and oxygen atoms in total. The van der Waals surface area contributed by atoms with Crippen LogP contribution in [0.3, 0.4) is 0 Å². The van der Waals surface area contributed by atoms with Crippen molar-refractivity contribution in [2.75, 3.05) is 26.8 Å². The number of hydrogen-bond acceptors (Lipinski definition) is 4. The van der Waals surface area contributed by atoms with E-state index in [1.807, 2.05) is 18.2 Å². The van der Waals surface area contributed by atoms with Crippen molar-refractivity contribution < 1.29 is 14.3 Å². The highest BCUT2D eigenvalue weighted by Gasteiger charge is 2.16. The Labute approximate surface area is 128 Å². The lowest BCUT2D eigenvalue weighted by Crippen LogP contribution is -2.29. The maximum absolute atomic E-state index is 11.5. The molecule has 0 spiro atoms. The van der Waals surface area contributed by atoms with Crippen LogP contribution in [0.15, 0.2) is 22.7 Å². The van der Waals surface area contributed by atoms with E-state index in [-0.39, 0.29) is 12.1 Å². The van der Waals surface area contributed by atoms with Crippen molar-refractivity contribution in [1.29, 1.82) is 0 Å². The molecule has 1 fully saturated rings. The van der Waals surface area contributed by atoms with Gasteiger partial charge in [-0.3, -0.25) is 4.90 Å². The third kappa shape index (κ3) is 4.04. The molecule has 0 saturated carbocycles. The molecule has 20 heavy (non-hydrogen) atoms. The van der Waals surface area contributed by atoms with Crippen LogP contribution in [0, 0.1) is 0 Å². The maximum Gasteiger partial charge on any atom is 0.337 e. The molecule has 1 aliphatic rings. The molecule has 5 heteroatoms. The summed E-state index contributed by atoms with van der Waals surface area (Å²) >= 11 is 3.54. The number of benzene rings is 1. The third-order valence-electron chi connectivity index (χ3n) is 3.40. The molecule has 1 aliphatic heterocycles. The summed E-state index contributed by atoms with van der Waals surface area (Å²) in [7, 11) is 1.39. The zero-order valence-corrected chi connectivity index (χ0v) is 13.5. The molecule has 1 saturated heterocycles. The molecule has 1 unspecified atom stereocenters. The Hall–Kier alpha value is -0.910. The van der Waals surface area contributed by atoms with E-state index in [0.717, 1.165) is 37.1 Å². The minimum Gasteiger partial charge on any atom is -0.465 e. The monoisotopic (exact) mass is 341 g/mol. The number of methoxy groups -OCH3 is 1. The van der Waals surface area contributed by atoms with Gasteiger partial charge in [0.25, 0.3) is 0 Å². The second-order valence-corrected chi connectivity index (χ2v) is 5.92. The van der Waals surface area contributed by atoms with E-state index in [9.17, 15) is 4.79 Å². The first-order valence-electron chi connectivity index (χ1n) is 6.81. The largest absolute Gasteiger partial charge is 0.465 e. The number of rotatable bonds is 3. The summed E-state index contributed by atoms with van der Waals surface area (Å²) in [5, 5.41) is 0. The first-order valence-corrected chi connectivity index (χ1v) is 7.60. The van der Waals surface area contributed by atoms with Gasteiger partial charge in [-0.1, -0.05) is 22.0 Å². The third-order valence-corrected chi connectivity index (χ3v) is 4.14. The number of hydrogen-bond donors (Lipinski definition) is 0. The Bertz CT molecular complexity index is 478. The topological polar surface area (TPSA) is 38.8 Å². The number of carbonyl (C=O) groups excluding carboxylic acids is 1. The molecule has 1 atom stereocenters. The highest BCUT2D eigenvalue weighted by molar-refractivity contribution is 9.10. The normalized spacial score (nSPS) is 20.4. The number of ether oxygens (including phenoxy) is 2. The van der Waals surface area contributed by atoms with Gasteiger partial charge in [0.2, 0.25) is 0 Å². The Kier molecular flexibility index (Phi) is 5.57. The zero-order valence-electron chi connectivity index (χ0n) is 11.9. The van der Waals surface area contributed by atoms with Crippen LogP contribution in [0.2, 0.25) is 0 Å². The lowest BCUT2D eigenvalue weighted by Gasteiger charge is -2.22. The molecule has 110 valence electrons. The van der Waals surface area contributed by atoms with Crippen molar-refractivity contribution in [3.8, 4) is 0 Å². The van der Waals surface area contributed by atoms with E-state index < -0.39 is 0 Å². The average molecular weight is 342 g/mol. The van der Waals surface area contributed by atoms with Crippen molar-refractivity contribution in [1.82, 2.24) is 4.90 Å². The van der Waals surface area contributed by atoms with Gasteiger partial charge >= 0.3 is 5.97 Å². The van der Waals surface area contributed by atoms with Crippen LogP contribution in [0.4, 0.5) is 0 Å². The Morgan fingerprint density at radius 1 is 1.55 bits per heavy atom. The van der Waals surface area contributed by atoms with Crippen LogP contribution >= 0.6 is 15.9 Å². The SMILES string of the molecule is COC(=O)c1ccc(CN2CCCOC(C)C2)c(Br)c1. The summed E-state index contributed by atoms with van der Waals surface area (Å²) in [6.07, 6.45) is 1.33. The van der Waals surface area contributed by atoms with E-state index in [0.29, 0.717) is 5.56 Å². The number of esters is 1. The Morgan fingerprint density at radius 3 is 3.05 bits per heavy atom. The smallest absolute Gasteiger partial charge is 0.337 e. The number of halogens is 1. The fourth-order valence-corrected chi connectivity index (χ4v) is 2.89. The molecule has 0 radical (unpaired) electrons. The van der Waals surface area contributed by atoms with Gasteiger partial charge in [0.05, 0.1) is 18.8 Å². The summed E-state index contributed by atoms with van der Waals surface area (Å²) in [4.78, 5) is 13.9. The minimum absolute atomic E-state index is 0.269. The quantitative estimate of drug-likeness (QED) is 0.792. The van der Waals surface area contributed by atoms with Gasteiger partial charge in [0, 0.05) is 30.7 Å². The molecule has 0 bridgehead atoms. The Morgan fingerprint density at radius 2 is 2.35 bits per heavy atom. The fraction of sp³-hybridized carbons (Fsp3) is 0.533. The standard InChI is InChI=1S/C15H20BrNO3/c1-11-9-17(6-3-7-20-11)10-13-5-4-12(8-14(13)16)15(18)19-2/h4-5,8,11H,3,6-7,9-10H2,1-2H3. The molecule has 1 aromatic carbocycles. The van der Waals surface area contributed by atoms with Crippen LogP contribution in [0.1, 0.15) is 29.3 Å². The van der Waals surface area contributed by atoms with Gasteiger partial charge in [-0.15, -0.1) is 0 Å². The molecule has 0 amide bonds. The molecule has 0 aliphatic carbocycles. The lowest BCUT2D eigenvalue weighted by atomic mass is 10.1. The number of carbonyl (C=O) groups is 1. The molecular formula is C15H20BrNO3. The van der Waals surface area contributed by atoms with E-state index in [2.05, 4.69) is 27.8 Å². The van der Waals surface area contributed by atoms with Gasteiger partial charge in [-0.2, -0.15) is 0 Å². The summed E-state index contributed by atoms with van der Waals surface area (Å²) in [5.74, 6) is -0.311. The lowest BCUT2D eigenvalue weighted by molar-refractivity contribution is 0.0600. The first kappa shape index (κ1) is 15.5. The highest BCUT2D eigenvalue weighted by atomic mass is 79.9. The molecule has 1 aromatic rings. The van der Waals surface area contributed by atoms with Crippen LogP contribution in [-0.2, 0) is 16.0 Å². The van der Waals surface area contributed by atoms with Gasteiger partial charge in [0.15, 0.2) is 0 Å². The van der Waals surface area contributed by atoms with Gasteiger partial charge in [-0.25, -0.2) is 4.79 Å². The maximum atomic E-state index is 11.5. The van der Waals surface area contributed by atoms with E-state index in [4.69, 9.17) is 9.47 Å². The Balaban J connectivity index is 2.07. The van der Waals surface area contributed by atoms with Crippen molar-refractivity contribution in [3.05, 3.63) is 33.8 Å². The summed E-state index contributed by atoms with van der Waals surface area (Å²) in [6, 6.07) is 5.61. The molecule has 0 aromatic heterocycles. The van der Waals surface area contributed by atoms with Gasteiger partial charge < -0.3 is 9.47 Å². The second kappa shape index (κ2) is 7.20. The fourth-order valence-electron chi connectivity index (χ4n) is 2.39. The van der Waals surface area contributed by atoms with Crippen LogP contribution in [0.5, 0.6) is 0 Å². The predicted molar refractivity (Wildman–Crippen MR) is 80.8 cm³/mol. The van der Waals surface area contributed by atoms with Crippen molar-refractivity contribution >= 4 is 21.9 Å². The summed E-state index contributed by atoms with van der Waals surface area (Å²) in [6.45, 7) is 5.77. The van der Waals surface area contributed by atoms with Crippen molar-refractivity contribution in [2.24, 2.45) is 0 Å². The summed E-state index contributed by atoms with van der Waals surface area (Å²) in [5.41, 5.74) is 1.74. The van der Waals surface area contributed by atoms with Crippen LogP contribution < -0.4 is 0 Å². The first-order chi connectivity index (χ1) is 9.60. The molecular weight excluding hydrogens is 322 g/mol. The molecule has 0 N–H and O–H groups in total. The van der Waals surface area contributed by atoms with Gasteiger partial charge in [-0.05, 0) is 31.0 Å². The van der Waals surface area contributed by atoms with E-state index in [1.165, 1.54) is 12.7 Å². The van der Waals surface area contributed by atoms with Crippen LogP contribution in [0.25, 0.3) is 0 Å². The zero-order chi connectivity index (χ0) is 14.5. The summed E-state index contributed by atoms with van der Waals surface area (Å²) < 4.78 is 11.3. The highest BCUT2D eigenvalue weighted by Crippen LogP contribution is 2.21. The molecule has 2 rings (SSSR count). The number of nitrogens with zero attached hydrogens (tertiary/aromatic N) is 1. The predicted octanol–water partition coefficient (Wildman–Crippen LogP) is 2.85. The second-order valence-electron chi connectivity index (χ2n) is 5.07. The van der Waals surface area contributed by atoms with Crippen LogP contribution in [-0.4, -0.2) is 43.8 Å². The average Bonchev–Trinajstić information content (AvgIpc) is 2.64. The van der Waals surface area contributed by atoms with Gasteiger partial charge in [0.1, 0.15) is 0 Å². The van der Waals surface area contributed by atoms with Crippen molar-refractivity contribution in [3.63, 3.8) is 0 Å². The van der Waals surface area contributed by atoms with E-state index >= 15 is 0 Å². The molecule has 1 heterocycles.